The van der Waals surface area contributed by atoms with Gasteiger partial charge in [0.05, 0.1) is 4.90 Å². The number of piperidine rings is 1. The lowest BCUT2D eigenvalue weighted by Crippen LogP contribution is -2.41. The number of nitrogens with one attached hydrogen (secondary N) is 1. The van der Waals surface area contributed by atoms with Crippen LogP contribution in [0.5, 0.6) is 0 Å². The molecule has 0 radical (unpaired) electrons. The molecule has 26 heavy (non-hydrogen) atoms. The van der Waals surface area contributed by atoms with Gasteiger partial charge in [0, 0.05) is 37.8 Å². The van der Waals surface area contributed by atoms with Crippen molar-refractivity contribution in [1.29, 1.82) is 0 Å². The first-order valence-corrected chi connectivity index (χ1v) is 10.2. The fourth-order valence-electron chi connectivity index (χ4n) is 2.95. The van der Waals surface area contributed by atoms with Crippen LogP contribution in [0.15, 0.2) is 29.2 Å². The number of anilines is 1. The molecule has 3 N–H and O–H groups in total. The average molecular weight is 382 g/mol. The molecule has 1 aromatic carbocycles. The highest BCUT2D eigenvalue weighted by molar-refractivity contribution is 7.89. The van der Waals surface area contributed by atoms with Crippen LogP contribution in [0.2, 0.25) is 0 Å². The molecule has 0 saturated carbocycles. The fourth-order valence-corrected chi connectivity index (χ4v) is 4.42. The Kier molecular flexibility index (Phi) is 6.60. The zero-order valence-electron chi connectivity index (χ0n) is 15.1. The zero-order valence-corrected chi connectivity index (χ0v) is 16.0. The minimum absolute atomic E-state index is 0.163. The second-order valence-electron chi connectivity index (χ2n) is 6.21. The van der Waals surface area contributed by atoms with Crippen molar-refractivity contribution in [3.63, 3.8) is 0 Å². The summed E-state index contributed by atoms with van der Waals surface area (Å²) >= 11 is 0. The molecule has 3 amide bonds. The number of benzene rings is 1. The van der Waals surface area contributed by atoms with Gasteiger partial charge in [-0.05, 0) is 51.0 Å². The monoisotopic (exact) mass is 382 g/mol. The molecule has 0 atom stereocenters. The van der Waals surface area contributed by atoms with E-state index in [1.54, 1.807) is 17.0 Å². The first-order chi connectivity index (χ1) is 12.3. The third kappa shape index (κ3) is 4.53. The van der Waals surface area contributed by atoms with Gasteiger partial charge in [0.1, 0.15) is 0 Å². The van der Waals surface area contributed by atoms with Crippen molar-refractivity contribution < 1.29 is 18.0 Å². The number of amides is 3. The van der Waals surface area contributed by atoms with Gasteiger partial charge in [0.15, 0.2) is 0 Å². The van der Waals surface area contributed by atoms with E-state index < -0.39 is 10.0 Å². The molecule has 1 aromatic rings. The summed E-state index contributed by atoms with van der Waals surface area (Å²) in [6.07, 6.45) is 0.874. The number of carbonyl (C=O) groups excluding carboxylic acids is 2. The minimum atomic E-state index is -3.62. The maximum atomic E-state index is 12.7. The molecule has 2 rings (SSSR count). The van der Waals surface area contributed by atoms with E-state index in [0.29, 0.717) is 31.6 Å². The van der Waals surface area contributed by atoms with Gasteiger partial charge in [-0.1, -0.05) is 0 Å². The Morgan fingerprint density at radius 1 is 1.15 bits per heavy atom. The molecule has 1 fully saturated rings. The van der Waals surface area contributed by atoms with Crippen LogP contribution in [0, 0.1) is 5.92 Å². The van der Waals surface area contributed by atoms with E-state index in [0.717, 1.165) is 0 Å². The molecule has 9 heteroatoms. The van der Waals surface area contributed by atoms with E-state index >= 15 is 0 Å². The van der Waals surface area contributed by atoms with E-state index in [4.69, 9.17) is 5.73 Å². The number of primary amides is 1. The van der Waals surface area contributed by atoms with Crippen LogP contribution >= 0.6 is 0 Å². The Bertz CT molecular complexity index is 737. The third-order valence-corrected chi connectivity index (χ3v) is 6.56. The van der Waals surface area contributed by atoms with Crippen LogP contribution in [-0.4, -0.2) is 55.7 Å². The van der Waals surface area contributed by atoms with Gasteiger partial charge in [-0.3, -0.25) is 4.79 Å². The van der Waals surface area contributed by atoms with E-state index in [1.165, 1.54) is 16.4 Å². The molecule has 0 aromatic heterocycles. The SMILES string of the molecule is CCN(CC)C(=O)Nc1ccc(S(=O)(=O)N2CCC(C(N)=O)CC2)cc1. The van der Waals surface area contributed by atoms with Crippen molar-refractivity contribution >= 4 is 27.6 Å². The van der Waals surface area contributed by atoms with Crippen molar-refractivity contribution in [2.45, 2.75) is 31.6 Å². The van der Waals surface area contributed by atoms with E-state index in [9.17, 15) is 18.0 Å². The van der Waals surface area contributed by atoms with Crippen molar-refractivity contribution in [3.8, 4) is 0 Å². The van der Waals surface area contributed by atoms with Crippen LogP contribution in [0.3, 0.4) is 0 Å². The molecular weight excluding hydrogens is 356 g/mol. The smallest absolute Gasteiger partial charge is 0.321 e. The lowest BCUT2D eigenvalue weighted by atomic mass is 9.98. The predicted octanol–water partition coefficient (Wildman–Crippen LogP) is 1.45. The summed E-state index contributed by atoms with van der Waals surface area (Å²) in [5.41, 5.74) is 5.82. The molecule has 8 nitrogen and oxygen atoms in total. The second-order valence-corrected chi connectivity index (χ2v) is 8.15. The van der Waals surface area contributed by atoms with Crippen molar-refractivity contribution in [2.24, 2.45) is 11.7 Å². The summed E-state index contributed by atoms with van der Waals surface area (Å²) in [5.74, 6) is -0.644. The number of carbonyl (C=O) groups is 2. The number of nitrogens with zero attached hydrogens (tertiary/aromatic N) is 2. The van der Waals surface area contributed by atoms with Crippen molar-refractivity contribution in [2.75, 3.05) is 31.5 Å². The quantitative estimate of drug-likeness (QED) is 0.775. The average Bonchev–Trinajstić information content (AvgIpc) is 2.63. The molecule has 1 saturated heterocycles. The molecule has 1 aliphatic rings. The molecule has 1 heterocycles. The number of sulfonamides is 1. The first kappa shape index (κ1) is 20.2. The predicted molar refractivity (Wildman–Crippen MR) is 99.1 cm³/mol. The number of urea groups is 1. The summed E-state index contributed by atoms with van der Waals surface area (Å²) in [4.78, 5) is 25.0. The van der Waals surface area contributed by atoms with Gasteiger partial charge in [0.2, 0.25) is 15.9 Å². The highest BCUT2D eigenvalue weighted by Gasteiger charge is 2.31. The fraction of sp³-hybridized carbons (Fsp3) is 0.529. The van der Waals surface area contributed by atoms with E-state index in [2.05, 4.69) is 5.32 Å². The largest absolute Gasteiger partial charge is 0.369 e. The second kappa shape index (κ2) is 8.50. The summed E-state index contributed by atoms with van der Waals surface area (Å²) in [5, 5.41) is 2.75. The number of hydrogen-bond donors (Lipinski definition) is 2. The Morgan fingerprint density at radius 2 is 1.69 bits per heavy atom. The summed E-state index contributed by atoms with van der Waals surface area (Å²) in [7, 11) is -3.62. The molecule has 0 bridgehead atoms. The van der Waals surface area contributed by atoms with Crippen LogP contribution in [0.1, 0.15) is 26.7 Å². The van der Waals surface area contributed by atoms with Gasteiger partial charge in [-0.2, -0.15) is 4.31 Å². The van der Waals surface area contributed by atoms with Gasteiger partial charge < -0.3 is 16.0 Å². The lowest BCUT2D eigenvalue weighted by Gasteiger charge is -2.29. The molecule has 0 spiro atoms. The van der Waals surface area contributed by atoms with E-state index in [-0.39, 0.29) is 35.8 Å². The van der Waals surface area contributed by atoms with Crippen LogP contribution < -0.4 is 11.1 Å². The Morgan fingerprint density at radius 3 is 2.15 bits per heavy atom. The van der Waals surface area contributed by atoms with Crippen LogP contribution in [0.4, 0.5) is 10.5 Å². The molecule has 144 valence electrons. The number of nitrogens with two attached hydrogens (primary N) is 1. The number of hydrogen-bond acceptors (Lipinski definition) is 4. The molecular formula is C17H26N4O4S. The van der Waals surface area contributed by atoms with E-state index in [1.807, 2.05) is 13.8 Å². The molecule has 0 unspecified atom stereocenters. The highest BCUT2D eigenvalue weighted by atomic mass is 32.2. The topological polar surface area (TPSA) is 113 Å². The molecule has 1 aliphatic heterocycles. The maximum absolute atomic E-state index is 12.7. The first-order valence-electron chi connectivity index (χ1n) is 8.75. The summed E-state index contributed by atoms with van der Waals surface area (Å²) in [6.45, 7) is 5.51. The highest BCUT2D eigenvalue weighted by Crippen LogP contribution is 2.24. The van der Waals surface area contributed by atoms with Gasteiger partial charge >= 0.3 is 6.03 Å². The van der Waals surface area contributed by atoms with Crippen LogP contribution in [0.25, 0.3) is 0 Å². The summed E-state index contributed by atoms with van der Waals surface area (Å²) in [6, 6.07) is 5.88. The maximum Gasteiger partial charge on any atom is 0.321 e. The number of rotatable bonds is 6. The zero-order chi connectivity index (χ0) is 19.3. The van der Waals surface area contributed by atoms with Gasteiger partial charge in [-0.25, -0.2) is 13.2 Å². The Labute approximate surface area is 154 Å². The lowest BCUT2D eigenvalue weighted by molar-refractivity contribution is -0.122. The van der Waals surface area contributed by atoms with Crippen LogP contribution in [-0.2, 0) is 14.8 Å². The minimum Gasteiger partial charge on any atom is -0.369 e. The van der Waals surface area contributed by atoms with Gasteiger partial charge in [0.25, 0.3) is 0 Å². The van der Waals surface area contributed by atoms with Crippen molar-refractivity contribution in [3.05, 3.63) is 24.3 Å². The van der Waals surface area contributed by atoms with Crippen molar-refractivity contribution in [1.82, 2.24) is 9.21 Å². The molecule has 0 aliphatic carbocycles. The Hall–Kier alpha value is -2.13. The third-order valence-electron chi connectivity index (χ3n) is 4.65. The normalized spacial score (nSPS) is 16.2. The van der Waals surface area contributed by atoms with Gasteiger partial charge in [-0.15, -0.1) is 0 Å². The standard InChI is InChI=1S/C17H26N4O4S/c1-3-20(4-2)17(23)19-14-5-7-15(8-6-14)26(24,25)21-11-9-13(10-12-21)16(18)22/h5-8,13H,3-4,9-12H2,1-2H3,(H2,18,22)(H,19,23). The summed E-state index contributed by atoms with van der Waals surface area (Å²) < 4.78 is 26.8. The Balaban J connectivity index is 2.05.